The fraction of sp³-hybridized carbons (Fsp3) is 0.167. The van der Waals surface area contributed by atoms with Gasteiger partial charge in [-0.05, 0) is 40.8 Å². The second-order valence-electron chi connectivity index (χ2n) is 3.95. The number of hydrogen-bond donors (Lipinski definition) is 1. The van der Waals surface area contributed by atoms with E-state index in [9.17, 15) is 4.79 Å². The molecule has 0 aliphatic carbocycles. The second-order valence-corrected chi connectivity index (χ2v) is 5.12. The molecule has 1 aliphatic rings. The molecule has 0 spiro atoms. The van der Waals surface area contributed by atoms with Gasteiger partial charge in [-0.2, -0.15) is 5.10 Å². The van der Waals surface area contributed by atoms with Crippen molar-refractivity contribution in [2.75, 3.05) is 12.1 Å². The van der Waals surface area contributed by atoms with Crippen LogP contribution in [0.1, 0.15) is 10.5 Å². The third-order valence-electron chi connectivity index (χ3n) is 2.77. The Morgan fingerprint density at radius 3 is 2.89 bits per heavy atom. The van der Waals surface area contributed by atoms with Crippen molar-refractivity contribution in [2.45, 2.75) is 0 Å². The van der Waals surface area contributed by atoms with Crippen molar-refractivity contribution in [1.29, 1.82) is 0 Å². The number of carbonyl (C=O) groups excluding carboxylic acids is 1. The molecule has 1 aromatic heterocycles. The predicted molar refractivity (Wildman–Crippen MR) is 76.4 cm³/mol. The molecule has 0 unspecified atom stereocenters. The maximum absolute atomic E-state index is 12.1. The lowest BCUT2D eigenvalue weighted by Crippen LogP contribution is -2.16. The first-order valence-electron chi connectivity index (χ1n) is 5.54. The third-order valence-corrected chi connectivity index (χ3v) is 3.62. The van der Waals surface area contributed by atoms with E-state index >= 15 is 0 Å². The number of ether oxygens (including phenoxy) is 2. The lowest BCUT2D eigenvalue weighted by molar-refractivity contribution is 0.101. The minimum atomic E-state index is -0.237. The summed E-state index contributed by atoms with van der Waals surface area (Å²) in [6.07, 6.45) is 1.58. The highest BCUT2D eigenvalue weighted by molar-refractivity contribution is 14.1. The number of halogens is 1. The highest BCUT2D eigenvalue weighted by Crippen LogP contribution is 2.42. The molecule has 0 saturated carbocycles. The maximum atomic E-state index is 12.1. The van der Waals surface area contributed by atoms with E-state index in [-0.39, 0.29) is 12.7 Å². The number of anilines is 1. The molecule has 98 valence electrons. The fourth-order valence-electron chi connectivity index (χ4n) is 1.85. The first kappa shape index (κ1) is 12.3. The largest absolute Gasteiger partial charge is 0.452 e. The number of benzene rings is 1. The van der Waals surface area contributed by atoms with Gasteiger partial charge in [-0.1, -0.05) is 0 Å². The van der Waals surface area contributed by atoms with Gasteiger partial charge in [-0.25, -0.2) is 0 Å². The summed E-state index contributed by atoms with van der Waals surface area (Å²) >= 11 is 2.16. The molecule has 0 atom stereocenters. The number of fused-ring (bicyclic) bond motifs is 1. The first-order chi connectivity index (χ1) is 9.16. The Bertz CT molecular complexity index is 654. The van der Waals surface area contributed by atoms with Crippen LogP contribution < -0.4 is 14.8 Å². The van der Waals surface area contributed by atoms with Crippen LogP contribution in [0.25, 0.3) is 0 Å². The Morgan fingerprint density at radius 1 is 1.37 bits per heavy atom. The van der Waals surface area contributed by atoms with Crippen LogP contribution in [0.2, 0.25) is 0 Å². The summed E-state index contributed by atoms with van der Waals surface area (Å²) in [6.45, 7) is 0.171. The van der Waals surface area contributed by atoms with Gasteiger partial charge in [-0.3, -0.25) is 9.48 Å². The number of amides is 1. The summed E-state index contributed by atoms with van der Waals surface area (Å²) in [5.41, 5.74) is 1.07. The van der Waals surface area contributed by atoms with Crippen LogP contribution in [0.3, 0.4) is 0 Å². The van der Waals surface area contributed by atoms with Crippen LogP contribution in [0.4, 0.5) is 5.69 Å². The number of nitrogens with one attached hydrogen (secondary N) is 1. The topological polar surface area (TPSA) is 65.4 Å². The summed E-state index contributed by atoms with van der Waals surface area (Å²) in [5, 5.41) is 6.77. The quantitative estimate of drug-likeness (QED) is 0.821. The van der Waals surface area contributed by atoms with Gasteiger partial charge in [0.05, 0.1) is 9.26 Å². The van der Waals surface area contributed by atoms with Crippen molar-refractivity contribution in [3.05, 3.63) is 33.7 Å². The molecule has 0 fully saturated rings. The predicted octanol–water partition coefficient (Wildman–Crippen LogP) is 2.01. The minimum absolute atomic E-state index is 0.171. The number of aromatic nitrogens is 2. The molecule has 6 nitrogen and oxygen atoms in total. The van der Waals surface area contributed by atoms with E-state index in [1.165, 1.54) is 4.68 Å². The molecule has 2 aromatic rings. The Balaban J connectivity index is 1.91. The molecule has 1 aromatic carbocycles. The number of carbonyl (C=O) groups is 1. The van der Waals surface area contributed by atoms with Gasteiger partial charge >= 0.3 is 0 Å². The van der Waals surface area contributed by atoms with Crippen molar-refractivity contribution in [3.8, 4) is 11.5 Å². The summed E-state index contributed by atoms with van der Waals surface area (Å²) < 4.78 is 13.2. The molecule has 0 bridgehead atoms. The first-order valence-corrected chi connectivity index (χ1v) is 6.62. The van der Waals surface area contributed by atoms with Crippen molar-refractivity contribution < 1.29 is 14.3 Å². The van der Waals surface area contributed by atoms with Gasteiger partial charge in [0, 0.05) is 13.2 Å². The number of rotatable bonds is 2. The minimum Gasteiger partial charge on any atom is -0.452 e. The Morgan fingerprint density at radius 2 is 2.16 bits per heavy atom. The fourth-order valence-corrected chi connectivity index (χ4v) is 2.43. The second kappa shape index (κ2) is 4.72. The smallest absolute Gasteiger partial charge is 0.274 e. The Kier molecular flexibility index (Phi) is 3.05. The number of aryl methyl sites for hydroxylation is 1. The highest BCUT2D eigenvalue weighted by Gasteiger charge is 2.22. The van der Waals surface area contributed by atoms with Crippen molar-refractivity contribution in [2.24, 2.45) is 7.05 Å². The Hall–Kier alpha value is -1.77. The van der Waals surface area contributed by atoms with E-state index in [1.54, 1.807) is 25.4 Å². The monoisotopic (exact) mass is 371 g/mol. The zero-order valence-corrected chi connectivity index (χ0v) is 12.2. The van der Waals surface area contributed by atoms with Gasteiger partial charge in [0.2, 0.25) is 6.79 Å². The van der Waals surface area contributed by atoms with E-state index < -0.39 is 0 Å². The normalized spacial score (nSPS) is 12.5. The molecule has 1 aliphatic heterocycles. The van der Waals surface area contributed by atoms with Crippen molar-refractivity contribution >= 4 is 34.2 Å². The summed E-state index contributed by atoms with van der Waals surface area (Å²) in [5.74, 6) is 1.00. The van der Waals surface area contributed by atoms with Crippen LogP contribution in [0, 0.1) is 3.57 Å². The lowest BCUT2D eigenvalue weighted by Gasteiger charge is -2.09. The maximum Gasteiger partial charge on any atom is 0.274 e. The molecule has 3 rings (SSSR count). The van der Waals surface area contributed by atoms with Gasteiger partial charge in [0.25, 0.3) is 5.91 Å². The van der Waals surface area contributed by atoms with Crippen molar-refractivity contribution in [3.63, 3.8) is 0 Å². The van der Waals surface area contributed by atoms with Crippen LogP contribution in [-0.2, 0) is 7.05 Å². The Labute approximate surface area is 122 Å². The summed E-state index contributed by atoms with van der Waals surface area (Å²) in [6, 6.07) is 5.32. The molecule has 0 saturated heterocycles. The number of nitrogens with zero attached hydrogens (tertiary/aromatic N) is 2. The van der Waals surface area contributed by atoms with Gasteiger partial charge in [0.1, 0.15) is 5.69 Å². The van der Waals surface area contributed by atoms with E-state index in [0.717, 1.165) is 3.57 Å². The zero-order chi connectivity index (χ0) is 13.4. The lowest BCUT2D eigenvalue weighted by atomic mass is 10.2. The van der Waals surface area contributed by atoms with Crippen molar-refractivity contribution in [1.82, 2.24) is 9.78 Å². The molecule has 1 amide bonds. The van der Waals surface area contributed by atoms with Crippen LogP contribution >= 0.6 is 22.6 Å². The molecular weight excluding hydrogens is 361 g/mol. The molecule has 7 heteroatoms. The summed E-state index contributed by atoms with van der Waals surface area (Å²) in [4.78, 5) is 12.1. The van der Waals surface area contributed by atoms with Gasteiger partial charge < -0.3 is 14.8 Å². The molecule has 0 radical (unpaired) electrons. The van der Waals surface area contributed by atoms with Crippen LogP contribution in [-0.4, -0.2) is 22.5 Å². The highest BCUT2D eigenvalue weighted by atomic mass is 127. The average molecular weight is 371 g/mol. The van der Waals surface area contributed by atoms with Gasteiger partial charge in [-0.15, -0.1) is 0 Å². The number of hydrogen-bond acceptors (Lipinski definition) is 4. The third kappa shape index (κ3) is 2.14. The van der Waals surface area contributed by atoms with E-state index in [4.69, 9.17) is 9.47 Å². The SMILES string of the molecule is Cn1nccc1C(=O)Nc1ccc(I)c2c1OCO2. The molecule has 2 heterocycles. The zero-order valence-electron chi connectivity index (χ0n) is 10.0. The molecule has 19 heavy (non-hydrogen) atoms. The molecule has 1 N–H and O–H groups in total. The van der Waals surface area contributed by atoms with E-state index in [1.807, 2.05) is 6.07 Å². The standard InChI is InChI=1S/C12H10IN3O3/c1-16-9(4-5-14-16)12(17)15-8-3-2-7(13)10-11(8)19-6-18-10/h2-5H,6H2,1H3,(H,15,17). The average Bonchev–Trinajstić information content (AvgIpc) is 3.01. The van der Waals surface area contributed by atoms with Gasteiger partial charge in [0.15, 0.2) is 11.5 Å². The van der Waals surface area contributed by atoms with E-state index in [0.29, 0.717) is 22.9 Å². The van der Waals surface area contributed by atoms with E-state index in [2.05, 4.69) is 33.0 Å². The van der Waals surface area contributed by atoms with Crippen LogP contribution in [0.15, 0.2) is 24.4 Å². The van der Waals surface area contributed by atoms with Crippen LogP contribution in [0.5, 0.6) is 11.5 Å². The molecular formula is C12H10IN3O3. The summed E-state index contributed by atoms with van der Waals surface area (Å²) in [7, 11) is 1.72.